The van der Waals surface area contributed by atoms with Crippen molar-refractivity contribution in [3.8, 4) is 22.6 Å². The van der Waals surface area contributed by atoms with Crippen LogP contribution in [0.25, 0.3) is 11.1 Å². The number of benzene rings is 3. The number of esters is 2. The Kier molecular flexibility index (Phi) is 9.85. The highest BCUT2D eigenvalue weighted by molar-refractivity contribution is 5.97. The molecular weight excluding hydrogens is 630 g/mol. The maximum atomic E-state index is 13.0. The third-order valence-corrected chi connectivity index (χ3v) is 8.12. The van der Waals surface area contributed by atoms with Gasteiger partial charge in [0, 0.05) is 54.4 Å². The molecule has 6 aromatic rings. The maximum absolute atomic E-state index is 13.0. The molecule has 0 unspecified atom stereocenters. The summed E-state index contributed by atoms with van der Waals surface area (Å²) in [5, 5.41) is 10.6. The van der Waals surface area contributed by atoms with Crippen molar-refractivity contribution >= 4 is 17.9 Å². The van der Waals surface area contributed by atoms with E-state index in [1.807, 2.05) is 69.3 Å². The van der Waals surface area contributed by atoms with E-state index in [-0.39, 0.29) is 18.4 Å². The topological polar surface area (TPSA) is 129 Å². The number of hydrogen-bond acceptors (Lipinski definition) is 8. The van der Waals surface area contributed by atoms with E-state index < -0.39 is 17.9 Å². The van der Waals surface area contributed by atoms with Crippen molar-refractivity contribution in [1.82, 2.24) is 15.0 Å². The normalized spacial score (nSPS) is 10.8. The number of aryl methyl sites for hydroxylation is 3. The van der Waals surface area contributed by atoms with Crippen LogP contribution in [0.5, 0.6) is 11.5 Å². The molecular formula is C41H33N3O6. The lowest BCUT2D eigenvalue weighted by Crippen LogP contribution is -2.14. The van der Waals surface area contributed by atoms with Crippen molar-refractivity contribution in [2.75, 3.05) is 0 Å². The molecule has 6 rings (SSSR count). The van der Waals surface area contributed by atoms with Gasteiger partial charge in [0.2, 0.25) is 0 Å². The minimum Gasteiger partial charge on any atom is -0.478 e. The summed E-state index contributed by atoms with van der Waals surface area (Å²) in [4.78, 5) is 51.9. The van der Waals surface area contributed by atoms with Crippen LogP contribution < -0.4 is 9.47 Å². The number of nitrogens with zero attached hydrogens (tertiary/aromatic N) is 3. The SMILES string of the molecule is Cc1ccc(-c2cc(Cc3cc(C)ccc3OC(=O)c3ccncc3)nc(Cc3cc(C)ccc3OC(=O)c3ccncc3)c2C(=O)O)cc1. The van der Waals surface area contributed by atoms with Gasteiger partial charge in [-0.15, -0.1) is 0 Å². The zero-order chi connectivity index (χ0) is 35.2. The summed E-state index contributed by atoms with van der Waals surface area (Å²) in [5.74, 6) is -1.57. The fourth-order valence-corrected chi connectivity index (χ4v) is 5.63. The molecule has 9 nitrogen and oxygen atoms in total. The third-order valence-electron chi connectivity index (χ3n) is 8.12. The maximum Gasteiger partial charge on any atom is 0.343 e. The molecule has 0 saturated carbocycles. The van der Waals surface area contributed by atoms with Crippen molar-refractivity contribution in [3.63, 3.8) is 0 Å². The Balaban J connectivity index is 1.44. The fourth-order valence-electron chi connectivity index (χ4n) is 5.63. The van der Waals surface area contributed by atoms with E-state index in [4.69, 9.17) is 14.5 Å². The minimum absolute atomic E-state index is 0.0408. The number of aromatic carboxylic acids is 1. The van der Waals surface area contributed by atoms with E-state index in [9.17, 15) is 19.5 Å². The van der Waals surface area contributed by atoms with Crippen LogP contribution in [0.3, 0.4) is 0 Å². The van der Waals surface area contributed by atoms with Gasteiger partial charge in [-0.1, -0.05) is 65.2 Å². The predicted octanol–water partition coefficient (Wildman–Crippen LogP) is 7.78. The van der Waals surface area contributed by atoms with Crippen LogP contribution in [0, 0.1) is 20.8 Å². The minimum atomic E-state index is -1.14. The van der Waals surface area contributed by atoms with Crippen LogP contribution in [0.4, 0.5) is 0 Å². The van der Waals surface area contributed by atoms with Gasteiger partial charge in [0.05, 0.1) is 22.4 Å². The first kappa shape index (κ1) is 33.4. The smallest absolute Gasteiger partial charge is 0.343 e. The lowest BCUT2D eigenvalue weighted by Gasteiger charge is -2.17. The molecule has 50 heavy (non-hydrogen) atoms. The molecule has 0 atom stereocenters. The molecule has 9 heteroatoms. The summed E-state index contributed by atoms with van der Waals surface area (Å²) in [7, 11) is 0. The Bertz CT molecular complexity index is 2200. The predicted molar refractivity (Wildman–Crippen MR) is 188 cm³/mol. The molecule has 248 valence electrons. The standard InChI is InChI=1S/C41H33N3O6/c1-25-4-8-28(9-5-25)34-24-33(22-31-20-26(2)6-10-36(31)49-40(47)29-12-16-42-17-13-29)44-35(38(34)39(45)46)23-32-21-27(3)7-11-37(32)50-41(48)30-14-18-43-19-15-30/h4-21,24H,22-23H2,1-3H3,(H,45,46). The van der Waals surface area contributed by atoms with Crippen LogP contribution in [-0.4, -0.2) is 38.0 Å². The van der Waals surface area contributed by atoms with E-state index in [0.717, 1.165) is 16.7 Å². The molecule has 0 aliphatic rings. The highest BCUT2D eigenvalue weighted by Crippen LogP contribution is 2.33. The number of pyridine rings is 3. The van der Waals surface area contributed by atoms with Gasteiger partial charge < -0.3 is 14.6 Å². The second-order valence-corrected chi connectivity index (χ2v) is 12.0. The number of carboxylic acid groups (broad SMARTS) is 1. The quantitative estimate of drug-likeness (QED) is 0.115. The number of ether oxygens (including phenoxy) is 2. The second kappa shape index (κ2) is 14.7. The average molecular weight is 664 g/mol. The Morgan fingerprint density at radius 2 is 1.08 bits per heavy atom. The lowest BCUT2D eigenvalue weighted by atomic mass is 9.93. The molecule has 3 aromatic heterocycles. The zero-order valence-corrected chi connectivity index (χ0v) is 27.7. The molecule has 0 amide bonds. The Hall–Kier alpha value is -6.48. The summed E-state index contributed by atoms with van der Waals surface area (Å²) >= 11 is 0. The number of rotatable bonds is 10. The third kappa shape index (κ3) is 7.79. The van der Waals surface area contributed by atoms with Crippen molar-refractivity contribution in [2.45, 2.75) is 33.6 Å². The fraction of sp³-hybridized carbons (Fsp3) is 0.122. The van der Waals surface area contributed by atoms with Gasteiger partial charge in [-0.3, -0.25) is 15.0 Å². The Morgan fingerprint density at radius 1 is 0.600 bits per heavy atom. The van der Waals surface area contributed by atoms with Gasteiger partial charge in [0.15, 0.2) is 0 Å². The van der Waals surface area contributed by atoms with Crippen molar-refractivity contribution < 1.29 is 29.0 Å². The van der Waals surface area contributed by atoms with Crippen molar-refractivity contribution in [2.24, 2.45) is 0 Å². The Labute approximate surface area is 289 Å². The van der Waals surface area contributed by atoms with Crippen LogP contribution in [0.1, 0.15) is 70.3 Å². The number of carboxylic acids is 1. The number of aromatic nitrogens is 3. The first-order chi connectivity index (χ1) is 24.1. The summed E-state index contributed by atoms with van der Waals surface area (Å²) in [5.41, 5.74) is 6.96. The first-order valence-electron chi connectivity index (χ1n) is 15.9. The van der Waals surface area contributed by atoms with Gasteiger partial charge in [0.1, 0.15) is 11.5 Å². The molecule has 0 aliphatic carbocycles. The summed E-state index contributed by atoms with van der Waals surface area (Å²) in [6.45, 7) is 5.81. The van der Waals surface area contributed by atoms with Crippen LogP contribution >= 0.6 is 0 Å². The molecule has 0 saturated heterocycles. The highest BCUT2D eigenvalue weighted by atomic mass is 16.5. The highest BCUT2D eigenvalue weighted by Gasteiger charge is 2.23. The van der Waals surface area contributed by atoms with Gasteiger partial charge in [0.25, 0.3) is 0 Å². The van der Waals surface area contributed by atoms with E-state index >= 15 is 0 Å². The lowest BCUT2D eigenvalue weighted by molar-refractivity contribution is 0.0691. The number of carbonyl (C=O) groups excluding carboxylic acids is 2. The second-order valence-electron chi connectivity index (χ2n) is 12.0. The van der Waals surface area contributed by atoms with E-state index in [2.05, 4.69) is 9.97 Å². The van der Waals surface area contributed by atoms with Gasteiger partial charge >= 0.3 is 17.9 Å². The van der Waals surface area contributed by atoms with Gasteiger partial charge in [-0.05, 0) is 74.4 Å². The molecule has 3 heterocycles. The van der Waals surface area contributed by atoms with Crippen LogP contribution in [0.2, 0.25) is 0 Å². The van der Waals surface area contributed by atoms with Crippen molar-refractivity contribution in [3.05, 3.63) is 172 Å². The van der Waals surface area contributed by atoms with Crippen LogP contribution in [0.15, 0.2) is 116 Å². The van der Waals surface area contributed by atoms with E-state index in [1.165, 1.54) is 24.8 Å². The number of carbonyl (C=O) groups is 3. The van der Waals surface area contributed by atoms with E-state index in [0.29, 0.717) is 56.3 Å². The molecule has 1 N–H and O–H groups in total. The largest absolute Gasteiger partial charge is 0.478 e. The van der Waals surface area contributed by atoms with Crippen molar-refractivity contribution in [1.29, 1.82) is 0 Å². The van der Waals surface area contributed by atoms with Crippen LogP contribution in [-0.2, 0) is 12.8 Å². The van der Waals surface area contributed by atoms with E-state index in [1.54, 1.807) is 42.5 Å². The molecule has 3 aromatic carbocycles. The zero-order valence-electron chi connectivity index (χ0n) is 27.7. The molecule has 0 fully saturated rings. The van der Waals surface area contributed by atoms with Gasteiger partial charge in [-0.2, -0.15) is 0 Å². The first-order valence-corrected chi connectivity index (χ1v) is 15.9. The molecule has 0 radical (unpaired) electrons. The Morgan fingerprint density at radius 3 is 1.58 bits per heavy atom. The summed E-state index contributed by atoms with van der Waals surface area (Å²) in [6, 6.07) is 26.6. The molecule has 0 spiro atoms. The monoisotopic (exact) mass is 663 g/mol. The average Bonchev–Trinajstić information content (AvgIpc) is 3.11. The number of hydrogen-bond donors (Lipinski definition) is 1. The summed E-state index contributed by atoms with van der Waals surface area (Å²) < 4.78 is 11.7. The molecule has 0 aliphatic heterocycles. The summed E-state index contributed by atoms with van der Waals surface area (Å²) in [6.07, 6.45) is 6.36. The molecule has 0 bridgehead atoms. The van der Waals surface area contributed by atoms with Gasteiger partial charge in [-0.25, -0.2) is 14.4 Å².